The van der Waals surface area contributed by atoms with Crippen LogP contribution in [0.5, 0.6) is 0 Å². The second-order valence-electron chi connectivity index (χ2n) is 4.77. The maximum atomic E-state index is 6.08. The maximum Gasteiger partial charge on any atom is 0.192 e. The van der Waals surface area contributed by atoms with E-state index in [2.05, 4.69) is 45.0 Å². The third-order valence-corrected chi connectivity index (χ3v) is 4.49. The van der Waals surface area contributed by atoms with Gasteiger partial charge in [0.05, 0.1) is 0 Å². The number of hydrogen-bond acceptors (Lipinski definition) is 4. The number of aromatic nitrogens is 2. The van der Waals surface area contributed by atoms with E-state index in [1.165, 1.54) is 10.5 Å². The largest absolute Gasteiger partial charge is 0.327 e. The summed E-state index contributed by atoms with van der Waals surface area (Å²) in [5, 5.41) is 0.768. The van der Waals surface area contributed by atoms with Crippen LogP contribution in [0, 0.1) is 6.92 Å². The molecule has 0 saturated carbocycles. The summed E-state index contributed by atoms with van der Waals surface area (Å²) < 4.78 is 1.07. The first-order valence-corrected chi connectivity index (χ1v) is 8.20. The third kappa shape index (κ3) is 4.30. The van der Waals surface area contributed by atoms with Crippen LogP contribution < -0.4 is 5.73 Å². The van der Waals surface area contributed by atoms with Gasteiger partial charge in [-0.05, 0) is 60.9 Å². The second-order valence-corrected chi connectivity index (χ2v) is 6.69. The van der Waals surface area contributed by atoms with Gasteiger partial charge in [0.2, 0.25) is 0 Å². The first kappa shape index (κ1) is 15.5. The van der Waals surface area contributed by atoms with Gasteiger partial charge in [-0.2, -0.15) is 0 Å². The maximum absolute atomic E-state index is 6.08. The van der Waals surface area contributed by atoms with E-state index in [9.17, 15) is 0 Å². The molecule has 1 unspecified atom stereocenters. The van der Waals surface area contributed by atoms with Crippen molar-refractivity contribution < 1.29 is 0 Å². The van der Waals surface area contributed by atoms with Crippen LogP contribution in [0.25, 0.3) is 0 Å². The fourth-order valence-electron chi connectivity index (χ4n) is 1.77. The van der Waals surface area contributed by atoms with Gasteiger partial charge in [-0.1, -0.05) is 22.9 Å². The molecule has 0 aliphatic carbocycles. The molecule has 106 valence electrons. The highest BCUT2D eigenvalue weighted by Crippen LogP contribution is 2.30. The Bertz CT molecular complexity index is 572. The van der Waals surface area contributed by atoms with Gasteiger partial charge < -0.3 is 5.73 Å². The van der Waals surface area contributed by atoms with Crippen LogP contribution in [-0.2, 0) is 6.42 Å². The number of benzene rings is 1. The molecule has 1 atom stereocenters. The summed E-state index contributed by atoms with van der Waals surface area (Å²) in [4.78, 5) is 9.86. The SMILES string of the molecule is CCC(N)Cc1cc(Br)ccc1Sc1ncc(C)cn1. The van der Waals surface area contributed by atoms with Gasteiger partial charge >= 0.3 is 0 Å². The van der Waals surface area contributed by atoms with Crippen LogP contribution in [0.4, 0.5) is 0 Å². The summed E-state index contributed by atoms with van der Waals surface area (Å²) in [5.41, 5.74) is 8.39. The molecule has 3 nitrogen and oxygen atoms in total. The van der Waals surface area contributed by atoms with Crippen molar-refractivity contribution in [2.24, 2.45) is 5.73 Å². The molecular formula is C15H18BrN3S. The Morgan fingerprint density at radius 1 is 1.30 bits per heavy atom. The van der Waals surface area contributed by atoms with Crippen molar-refractivity contribution in [3.05, 3.63) is 46.2 Å². The molecule has 5 heteroatoms. The van der Waals surface area contributed by atoms with E-state index >= 15 is 0 Å². The van der Waals surface area contributed by atoms with E-state index in [4.69, 9.17) is 5.73 Å². The van der Waals surface area contributed by atoms with Gasteiger partial charge in [0.1, 0.15) is 0 Å². The van der Waals surface area contributed by atoms with E-state index in [-0.39, 0.29) is 6.04 Å². The normalized spacial score (nSPS) is 12.4. The monoisotopic (exact) mass is 351 g/mol. The fourth-order valence-corrected chi connectivity index (χ4v) is 2.99. The highest BCUT2D eigenvalue weighted by molar-refractivity contribution is 9.10. The number of hydrogen-bond donors (Lipinski definition) is 1. The van der Waals surface area contributed by atoms with Gasteiger partial charge in [-0.15, -0.1) is 0 Å². The molecule has 0 spiro atoms. The minimum absolute atomic E-state index is 0.183. The van der Waals surface area contributed by atoms with Crippen molar-refractivity contribution in [3.63, 3.8) is 0 Å². The first-order chi connectivity index (χ1) is 9.58. The zero-order valence-electron chi connectivity index (χ0n) is 11.6. The molecule has 2 N–H and O–H groups in total. The highest BCUT2D eigenvalue weighted by atomic mass is 79.9. The summed E-state index contributed by atoms with van der Waals surface area (Å²) in [6.07, 6.45) is 5.51. The van der Waals surface area contributed by atoms with Crippen molar-refractivity contribution >= 4 is 27.7 Å². The Morgan fingerprint density at radius 3 is 2.65 bits per heavy atom. The van der Waals surface area contributed by atoms with Crippen LogP contribution in [0.3, 0.4) is 0 Å². The fraction of sp³-hybridized carbons (Fsp3) is 0.333. The van der Waals surface area contributed by atoms with Crippen LogP contribution in [0.1, 0.15) is 24.5 Å². The minimum Gasteiger partial charge on any atom is -0.327 e. The minimum atomic E-state index is 0.183. The van der Waals surface area contributed by atoms with E-state index in [1.54, 1.807) is 11.8 Å². The summed E-state index contributed by atoms with van der Waals surface area (Å²) >= 11 is 5.11. The molecule has 0 radical (unpaired) electrons. The molecule has 0 saturated heterocycles. The van der Waals surface area contributed by atoms with Crippen molar-refractivity contribution in [3.8, 4) is 0 Å². The molecule has 1 aromatic heterocycles. The lowest BCUT2D eigenvalue weighted by molar-refractivity contribution is 0.641. The number of halogens is 1. The van der Waals surface area contributed by atoms with Crippen molar-refractivity contribution in [2.45, 2.75) is 42.8 Å². The molecule has 0 aliphatic heterocycles. The van der Waals surface area contributed by atoms with Crippen molar-refractivity contribution in [2.75, 3.05) is 0 Å². The van der Waals surface area contributed by atoms with E-state index in [0.717, 1.165) is 28.0 Å². The van der Waals surface area contributed by atoms with Crippen LogP contribution >= 0.6 is 27.7 Å². The average molecular weight is 352 g/mol. The van der Waals surface area contributed by atoms with Crippen molar-refractivity contribution in [1.29, 1.82) is 0 Å². The zero-order valence-corrected chi connectivity index (χ0v) is 14.0. The van der Waals surface area contributed by atoms with E-state index in [1.807, 2.05) is 25.4 Å². The predicted molar refractivity (Wildman–Crippen MR) is 87.0 cm³/mol. The molecule has 1 aromatic carbocycles. The molecule has 2 rings (SSSR count). The Balaban J connectivity index is 2.23. The van der Waals surface area contributed by atoms with Gasteiger partial charge in [0.25, 0.3) is 0 Å². The van der Waals surface area contributed by atoms with Gasteiger partial charge in [-0.3, -0.25) is 0 Å². The smallest absolute Gasteiger partial charge is 0.192 e. The molecule has 0 fully saturated rings. The lowest BCUT2D eigenvalue weighted by atomic mass is 10.1. The predicted octanol–water partition coefficient (Wildman–Crippen LogP) is 3.98. The number of aryl methyl sites for hydroxylation is 1. The van der Waals surface area contributed by atoms with Gasteiger partial charge in [-0.25, -0.2) is 9.97 Å². The molecule has 0 aliphatic rings. The Morgan fingerprint density at radius 2 is 2.00 bits per heavy atom. The Hall–Kier alpha value is -0.910. The van der Waals surface area contributed by atoms with E-state index in [0.29, 0.717) is 0 Å². The lowest BCUT2D eigenvalue weighted by Gasteiger charge is -2.13. The standard InChI is InChI=1S/C15H18BrN3S/c1-3-13(17)7-11-6-12(16)4-5-14(11)20-15-18-8-10(2)9-19-15/h4-6,8-9,13H,3,7,17H2,1-2H3. The Kier molecular flexibility index (Phi) is 5.57. The van der Waals surface area contributed by atoms with Crippen molar-refractivity contribution in [1.82, 2.24) is 9.97 Å². The average Bonchev–Trinajstić information content (AvgIpc) is 2.44. The number of rotatable bonds is 5. The Labute approximate surface area is 132 Å². The van der Waals surface area contributed by atoms with Gasteiger partial charge in [0, 0.05) is 27.8 Å². The van der Waals surface area contributed by atoms with Crippen LogP contribution in [0.2, 0.25) is 0 Å². The lowest BCUT2D eigenvalue weighted by Crippen LogP contribution is -2.21. The summed E-state index contributed by atoms with van der Waals surface area (Å²) in [6.45, 7) is 4.10. The molecule has 1 heterocycles. The van der Waals surface area contributed by atoms with Crippen LogP contribution in [0.15, 0.2) is 45.1 Å². The zero-order chi connectivity index (χ0) is 14.5. The second kappa shape index (κ2) is 7.20. The topological polar surface area (TPSA) is 51.8 Å². The summed E-state index contributed by atoms with van der Waals surface area (Å²) in [5.74, 6) is 0. The molecular weight excluding hydrogens is 334 g/mol. The van der Waals surface area contributed by atoms with Crippen LogP contribution in [-0.4, -0.2) is 16.0 Å². The summed E-state index contributed by atoms with van der Waals surface area (Å²) in [6, 6.07) is 6.45. The third-order valence-electron chi connectivity index (χ3n) is 2.99. The molecule has 0 bridgehead atoms. The highest BCUT2D eigenvalue weighted by Gasteiger charge is 2.10. The molecule has 20 heavy (non-hydrogen) atoms. The van der Waals surface area contributed by atoms with Gasteiger partial charge in [0.15, 0.2) is 5.16 Å². The van der Waals surface area contributed by atoms with E-state index < -0.39 is 0 Å². The molecule has 2 aromatic rings. The number of nitrogens with zero attached hydrogens (tertiary/aromatic N) is 2. The summed E-state index contributed by atoms with van der Waals surface area (Å²) in [7, 11) is 0. The number of nitrogens with two attached hydrogens (primary N) is 1. The quantitative estimate of drug-likeness (QED) is 0.827. The first-order valence-electron chi connectivity index (χ1n) is 6.59. The molecule has 0 amide bonds.